The molecule has 0 radical (unpaired) electrons. The summed E-state index contributed by atoms with van der Waals surface area (Å²) in [6, 6.07) is 33.0. The Hall–Kier alpha value is -3.59. The molecule has 4 rings (SSSR count). The van der Waals surface area contributed by atoms with E-state index in [4.69, 9.17) is 0 Å². The molecule has 0 atom stereocenters. The lowest BCUT2D eigenvalue weighted by Gasteiger charge is -2.24. The normalized spacial score (nSPS) is 10.7. The summed E-state index contributed by atoms with van der Waals surface area (Å²) in [7, 11) is 0. The summed E-state index contributed by atoms with van der Waals surface area (Å²) >= 11 is 0. The Morgan fingerprint density at radius 1 is 0.710 bits per heavy atom. The average molecular weight is 409 g/mol. The van der Waals surface area contributed by atoms with E-state index in [0.29, 0.717) is 19.5 Å². The highest BCUT2D eigenvalue weighted by molar-refractivity contribution is 5.78. The molecule has 0 aliphatic rings. The Bertz CT molecular complexity index is 1100. The molecule has 3 aromatic carbocycles. The fourth-order valence-electron chi connectivity index (χ4n) is 3.75. The minimum absolute atomic E-state index is 0.137. The Labute approximate surface area is 184 Å². The van der Waals surface area contributed by atoms with Gasteiger partial charge in [-0.15, -0.1) is 0 Å². The molecule has 0 N–H and O–H groups in total. The SMILES string of the molecule is Cc1ccc(Cn2cccc2CN(Cc2ccccc2)C(=O)Cc2ccccc2)cc1. The van der Waals surface area contributed by atoms with Gasteiger partial charge < -0.3 is 9.47 Å². The number of carbonyl (C=O) groups excluding carboxylic acids is 1. The standard InChI is InChI=1S/C28H28N2O/c1-23-14-16-26(17-15-23)20-29-18-8-13-27(29)22-30(21-25-11-6-3-7-12-25)28(31)19-24-9-4-2-5-10-24/h2-18H,19-22H2,1H3. The monoisotopic (exact) mass is 408 g/mol. The second kappa shape index (κ2) is 9.94. The summed E-state index contributed by atoms with van der Waals surface area (Å²) in [5, 5.41) is 0. The zero-order valence-electron chi connectivity index (χ0n) is 17.9. The number of benzene rings is 3. The van der Waals surface area contributed by atoms with Gasteiger partial charge in [0.2, 0.25) is 5.91 Å². The first-order valence-corrected chi connectivity index (χ1v) is 10.7. The lowest BCUT2D eigenvalue weighted by Crippen LogP contribution is -2.32. The van der Waals surface area contributed by atoms with Gasteiger partial charge >= 0.3 is 0 Å². The smallest absolute Gasteiger partial charge is 0.227 e. The number of nitrogens with zero attached hydrogens (tertiary/aromatic N) is 2. The van der Waals surface area contributed by atoms with E-state index < -0.39 is 0 Å². The van der Waals surface area contributed by atoms with Gasteiger partial charge in [-0.25, -0.2) is 0 Å². The molecule has 0 unspecified atom stereocenters. The summed E-state index contributed by atoms with van der Waals surface area (Å²) < 4.78 is 2.23. The molecule has 3 nitrogen and oxygen atoms in total. The van der Waals surface area contributed by atoms with Crippen LogP contribution in [0.5, 0.6) is 0 Å². The van der Waals surface area contributed by atoms with Gasteiger partial charge in [-0.05, 0) is 35.7 Å². The summed E-state index contributed by atoms with van der Waals surface area (Å²) in [5.41, 5.74) is 5.84. The Balaban J connectivity index is 1.54. The molecular formula is C28H28N2O. The van der Waals surface area contributed by atoms with Crippen LogP contribution >= 0.6 is 0 Å². The van der Waals surface area contributed by atoms with Crippen LogP contribution in [0.2, 0.25) is 0 Å². The van der Waals surface area contributed by atoms with Crippen LogP contribution in [0.25, 0.3) is 0 Å². The highest BCUT2D eigenvalue weighted by Gasteiger charge is 2.17. The zero-order chi connectivity index (χ0) is 21.5. The van der Waals surface area contributed by atoms with Gasteiger partial charge in [-0.1, -0.05) is 90.5 Å². The summed E-state index contributed by atoms with van der Waals surface area (Å²) in [5.74, 6) is 0.137. The van der Waals surface area contributed by atoms with Gasteiger partial charge in [0.25, 0.3) is 0 Å². The van der Waals surface area contributed by atoms with Gasteiger partial charge in [-0.3, -0.25) is 4.79 Å². The van der Waals surface area contributed by atoms with Crippen molar-refractivity contribution in [2.45, 2.75) is 33.0 Å². The maximum absolute atomic E-state index is 13.3. The molecule has 156 valence electrons. The number of carbonyl (C=O) groups is 1. The van der Waals surface area contributed by atoms with Crippen LogP contribution in [-0.2, 0) is 30.8 Å². The molecule has 0 spiro atoms. The molecule has 0 bridgehead atoms. The van der Waals surface area contributed by atoms with Crippen molar-refractivity contribution < 1.29 is 4.79 Å². The third-order valence-electron chi connectivity index (χ3n) is 5.52. The van der Waals surface area contributed by atoms with Crippen molar-refractivity contribution >= 4 is 5.91 Å². The van der Waals surface area contributed by atoms with E-state index in [1.54, 1.807) is 0 Å². The topological polar surface area (TPSA) is 25.2 Å². The average Bonchev–Trinajstić information content (AvgIpc) is 3.23. The van der Waals surface area contributed by atoms with Crippen LogP contribution in [-0.4, -0.2) is 15.4 Å². The first-order chi connectivity index (χ1) is 15.2. The number of aryl methyl sites for hydroxylation is 1. The molecule has 1 aromatic heterocycles. The van der Waals surface area contributed by atoms with Crippen molar-refractivity contribution in [3.63, 3.8) is 0 Å². The van der Waals surface area contributed by atoms with E-state index in [1.807, 2.05) is 53.4 Å². The molecule has 0 aliphatic carbocycles. The largest absolute Gasteiger partial charge is 0.345 e. The van der Waals surface area contributed by atoms with Crippen molar-refractivity contribution in [2.75, 3.05) is 0 Å². The van der Waals surface area contributed by atoms with Crippen molar-refractivity contribution in [3.05, 3.63) is 131 Å². The molecular weight excluding hydrogens is 380 g/mol. The molecule has 0 aliphatic heterocycles. The predicted molar refractivity (Wildman–Crippen MR) is 126 cm³/mol. The molecule has 1 amide bonds. The maximum Gasteiger partial charge on any atom is 0.227 e. The van der Waals surface area contributed by atoms with Crippen LogP contribution < -0.4 is 0 Å². The quantitative estimate of drug-likeness (QED) is 0.372. The van der Waals surface area contributed by atoms with Gasteiger partial charge in [-0.2, -0.15) is 0 Å². The third kappa shape index (κ3) is 5.73. The van der Waals surface area contributed by atoms with E-state index in [0.717, 1.165) is 23.4 Å². The summed E-state index contributed by atoms with van der Waals surface area (Å²) in [4.78, 5) is 15.2. The minimum Gasteiger partial charge on any atom is -0.345 e. The van der Waals surface area contributed by atoms with Gasteiger partial charge in [0.1, 0.15) is 0 Å². The molecule has 0 saturated heterocycles. The highest BCUT2D eigenvalue weighted by Crippen LogP contribution is 2.15. The second-order valence-corrected chi connectivity index (χ2v) is 8.01. The van der Waals surface area contributed by atoms with Crippen molar-refractivity contribution in [1.82, 2.24) is 9.47 Å². The molecule has 0 saturated carbocycles. The third-order valence-corrected chi connectivity index (χ3v) is 5.52. The van der Waals surface area contributed by atoms with Gasteiger partial charge in [0.05, 0.1) is 13.0 Å². The Kier molecular flexibility index (Phi) is 6.63. The fraction of sp³-hybridized carbons (Fsp3) is 0.179. The first kappa shape index (κ1) is 20.7. The molecule has 3 heteroatoms. The number of amides is 1. The van der Waals surface area contributed by atoms with E-state index in [1.165, 1.54) is 11.1 Å². The van der Waals surface area contributed by atoms with E-state index in [-0.39, 0.29) is 5.91 Å². The number of rotatable bonds is 8. The molecule has 1 heterocycles. The molecule has 31 heavy (non-hydrogen) atoms. The molecule has 0 fully saturated rings. The van der Waals surface area contributed by atoms with Crippen LogP contribution in [0.3, 0.4) is 0 Å². The Morgan fingerprint density at radius 3 is 2.03 bits per heavy atom. The van der Waals surface area contributed by atoms with Crippen LogP contribution in [0, 0.1) is 6.92 Å². The lowest BCUT2D eigenvalue weighted by atomic mass is 10.1. The fourth-order valence-corrected chi connectivity index (χ4v) is 3.75. The van der Waals surface area contributed by atoms with Crippen molar-refractivity contribution in [1.29, 1.82) is 0 Å². The summed E-state index contributed by atoms with van der Waals surface area (Å²) in [6.07, 6.45) is 2.50. The minimum atomic E-state index is 0.137. The highest BCUT2D eigenvalue weighted by atomic mass is 16.2. The Morgan fingerprint density at radius 2 is 1.35 bits per heavy atom. The lowest BCUT2D eigenvalue weighted by molar-refractivity contribution is -0.131. The van der Waals surface area contributed by atoms with E-state index in [9.17, 15) is 4.79 Å². The first-order valence-electron chi connectivity index (χ1n) is 10.7. The zero-order valence-corrected chi connectivity index (χ0v) is 17.9. The molecule has 4 aromatic rings. The number of aromatic nitrogens is 1. The van der Waals surface area contributed by atoms with Crippen LogP contribution in [0.4, 0.5) is 0 Å². The van der Waals surface area contributed by atoms with Gasteiger partial charge in [0.15, 0.2) is 0 Å². The number of hydrogen-bond donors (Lipinski definition) is 0. The maximum atomic E-state index is 13.3. The van der Waals surface area contributed by atoms with Crippen molar-refractivity contribution in [3.8, 4) is 0 Å². The van der Waals surface area contributed by atoms with Crippen LogP contribution in [0.15, 0.2) is 103 Å². The van der Waals surface area contributed by atoms with Gasteiger partial charge in [0, 0.05) is 25.0 Å². The van der Waals surface area contributed by atoms with Crippen LogP contribution in [0.1, 0.15) is 27.9 Å². The number of hydrogen-bond acceptors (Lipinski definition) is 1. The second-order valence-electron chi connectivity index (χ2n) is 8.01. The van der Waals surface area contributed by atoms with Crippen molar-refractivity contribution in [2.24, 2.45) is 0 Å². The van der Waals surface area contributed by atoms with E-state index in [2.05, 4.69) is 66.2 Å². The summed E-state index contributed by atoms with van der Waals surface area (Å²) in [6.45, 7) is 4.08. The predicted octanol–water partition coefficient (Wildman–Crippen LogP) is 5.62. The van der Waals surface area contributed by atoms with E-state index >= 15 is 0 Å².